The molecule has 0 radical (unpaired) electrons. The number of amides is 1. The van der Waals surface area contributed by atoms with E-state index in [9.17, 15) is 9.59 Å². The van der Waals surface area contributed by atoms with Crippen LogP contribution in [0.3, 0.4) is 0 Å². The van der Waals surface area contributed by atoms with Crippen LogP contribution in [0.4, 0.5) is 0 Å². The maximum atomic E-state index is 12.6. The quantitative estimate of drug-likeness (QED) is 0.610. The Morgan fingerprint density at radius 3 is 2.96 bits per heavy atom. The Kier molecular flexibility index (Phi) is 3.61. The molecule has 0 bridgehead atoms. The monoisotopic (exact) mass is 354 g/mol. The SMILES string of the molecule is Cc1sc2ncn(NC(=O)Cc3noc4ccccc34)c(=O)c2c1C. The number of thiophene rings is 1. The first kappa shape index (κ1) is 15.5. The summed E-state index contributed by atoms with van der Waals surface area (Å²) >= 11 is 1.47. The first-order chi connectivity index (χ1) is 12.0. The van der Waals surface area contributed by atoms with Gasteiger partial charge in [-0.3, -0.25) is 15.0 Å². The topological polar surface area (TPSA) is 90.0 Å². The standard InChI is InChI=1S/C17H14N4O3S/c1-9-10(2)25-16-15(9)17(23)21(8-18-16)19-14(22)7-12-11-5-3-4-6-13(11)24-20-12/h3-6,8H,7H2,1-2H3,(H,19,22). The second-order valence-electron chi connectivity index (χ2n) is 5.72. The molecular formula is C17H14N4O3S. The molecule has 4 rings (SSSR count). The van der Waals surface area contributed by atoms with Gasteiger partial charge in [-0.15, -0.1) is 11.3 Å². The average Bonchev–Trinajstić information content (AvgIpc) is 3.12. The molecule has 3 heterocycles. The number of aryl methyl sites for hydroxylation is 2. The summed E-state index contributed by atoms with van der Waals surface area (Å²) in [5.41, 5.74) is 4.32. The molecule has 0 aliphatic carbocycles. The number of nitrogens with zero attached hydrogens (tertiary/aromatic N) is 3. The smallest absolute Gasteiger partial charge is 0.281 e. The number of rotatable bonds is 3. The molecule has 7 nitrogen and oxygen atoms in total. The minimum Gasteiger partial charge on any atom is -0.356 e. The van der Waals surface area contributed by atoms with Crippen molar-refractivity contribution in [2.45, 2.75) is 20.3 Å². The third-order valence-corrected chi connectivity index (χ3v) is 5.23. The number of hydrogen-bond donors (Lipinski definition) is 1. The van der Waals surface area contributed by atoms with Crippen LogP contribution in [-0.4, -0.2) is 20.7 Å². The van der Waals surface area contributed by atoms with Gasteiger partial charge in [0.25, 0.3) is 5.56 Å². The van der Waals surface area contributed by atoms with Crippen LogP contribution in [0.2, 0.25) is 0 Å². The van der Waals surface area contributed by atoms with Gasteiger partial charge in [-0.2, -0.15) is 0 Å². The van der Waals surface area contributed by atoms with Crippen molar-refractivity contribution in [2.24, 2.45) is 0 Å². The van der Waals surface area contributed by atoms with Crippen molar-refractivity contribution in [3.63, 3.8) is 0 Å². The van der Waals surface area contributed by atoms with Crippen LogP contribution in [-0.2, 0) is 11.2 Å². The van der Waals surface area contributed by atoms with Crippen LogP contribution in [0.5, 0.6) is 0 Å². The second kappa shape index (κ2) is 5.82. The number of aromatic nitrogens is 3. The Hall–Kier alpha value is -3.00. The van der Waals surface area contributed by atoms with Crippen LogP contribution < -0.4 is 11.0 Å². The molecule has 0 spiro atoms. The maximum Gasteiger partial charge on any atom is 0.281 e. The van der Waals surface area contributed by atoms with E-state index in [1.54, 1.807) is 6.07 Å². The van der Waals surface area contributed by atoms with Gasteiger partial charge in [0, 0.05) is 10.3 Å². The van der Waals surface area contributed by atoms with E-state index in [0.717, 1.165) is 20.5 Å². The summed E-state index contributed by atoms with van der Waals surface area (Å²) in [7, 11) is 0. The Morgan fingerprint density at radius 2 is 2.12 bits per heavy atom. The summed E-state index contributed by atoms with van der Waals surface area (Å²) in [4.78, 5) is 30.9. The molecule has 0 saturated heterocycles. The van der Waals surface area contributed by atoms with Crippen LogP contribution in [0.15, 0.2) is 39.9 Å². The minimum absolute atomic E-state index is 0.00311. The van der Waals surface area contributed by atoms with Gasteiger partial charge in [0.05, 0.1) is 11.8 Å². The Balaban J connectivity index is 1.63. The molecule has 0 aliphatic heterocycles. The van der Waals surface area contributed by atoms with Crippen molar-refractivity contribution in [3.8, 4) is 0 Å². The van der Waals surface area contributed by atoms with Gasteiger partial charge in [-0.1, -0.05) is 17.3 Å². The van der Waals surface area contributed by atoms with Crippen molar-refractivity contribution in [1.82, 2.24) is 14.8 Å². The van der Waals surface area contributed by atoms with Crippen LogP contribution in [0.25, 0.3) is 21.2 Å². The molecule has 25 heavy (non-hydrogen) atoms. The van der Waals surface area contributed by atoms with E-state index >= 15 is 0 Å². The summed E-state index contributed by atoms with van der Waals surface area (Å²) in [6.45, 7) is 3.82. The van der Waals surface area contributed by atoms with Gasteiger partial charge < -0.3 is 4.52 Å². The number of carbonyl (C=O) groups is 1. The molecule has 4 aromatic rings. The van der Waals surface area contributed by atoms with E-state index in [0.29, 0.717) is 21.5 Å². The van der Waals surface area contributed by atoms with E-state index in [1.807, 2.05) is 32.0 Å². The second-order valence-corrected chi connectivity index (χ2v) is 6.92. The highest BCUT2D eigenvalue weighted by atomic mass is 32.1. The molecule has 0 aliphatic rings. The van der Waals surface area contributed by atoms with Crippen molar-refractivity contribution < 1.29 is 9.32 Å². The number of fused-ring (bicyclic) bond motifs is 2. The summed E-state index contributed by atoms with van der Waals surface area (Å²) in [6, 6.07) is 7.31. The molecular weight excluding hydrogens is 340 g/mol. The third kappa shape index (κ3) is 2.60. The summed E-state index contributed by atoms with van der Waals surface area (Å²) < 4.78 is 6.31. The summed E-state index contributed by atoms with van der Waals surface area (Å²) in [6.07, 6.45) is 1.34. The molecule has 126 valence electrons. The van der Waals surface area contributed by atoms with Gasteiger partial charge in [0.2, 0.25) is 5.91 Å². The van der Waals surface area contributed by atoms with Crippen molar-refractivity contribution >= 4 is 38.4 Å². The largest absolute Gasteiger partial charge is 0.356 e. The van der Waals surface area contributed by atoms with E-state index in [2.05, 4.69) is 15.6 Å². The lowest BCUT2D eigenvalue weighted by molar-refractivity contribution is -0.116. The minimum atomic E-state index is -0.369. The maximum absolute atomic E-state index is 12.6. The lowest BCUT2D eigenvalue weighted by atomic mass is 10.2. The summed E-state index contributed by atoms with van der Waals surface area (Å²) in [5, 5.41) is 5.25. The van der Waals surface area contributed by atoms with Gasteiger partial charge in [-0.05, 0) is 31.5 Å². The number of para-hydroxylation sites is 1. The van der Waals surface area contributed by atoms with E-state index in [4.69, 9.17) is 4.52 Å². The first-order valence-electron chi connectivity index (χ1n) is 7.65. The molecule has 1 N–H and O–H groups in total. The number of carbonyl (C=O) groups excluding carboxylic acids is 1. The van der Waals surface area contributed by atoms with Crippen LogP contribution >= 0.6 is 11.3 Å². The van der Waals surface area contributed by atoms with Crippen molar-refractivity contribution in [1.29, 1.82) is 0 Å². The molecule has 8 heteroatoms. The van der Waals surface area contributed by atoms with Crippen LogP contribution in [0.1, 0.15) is 16.1 Å². The predicted octanol–water partition coefficient (Wildman–Crippen LogP) is 2.53. The van der Waals surface area contributed by atoms with Gasteiger partial charge in [0.15, 0.2) is 5.58 Å². The Bertz CT molecular complexity index is 1170. The lowest BCUT2D eigenvalue weighted by Gasteiger charge is -2.06. The normalized spacial score (nSPS) is 11.3. The van der Waals surface area contributed by atoms with Crippen molar-refractivity contribution in [2.75, 3.05) is 5.43 Å². The lowest BCUT2D eigenvalue weighted by Crippen LogP contribution is -2.34. The Labute approximate surface area is 145 Å². The number of hydrogen-bond acceptors (Lipinski definition) is 6. The number of nitrogens with one attached hydrogen (secondary N) is 1. The third-order valence-electron chi connectivity index (χ3n) is 4.12. The van der Waals surface area contributed by atoms with Crippen molar-refractivity contribution in [3.05, 3.63) is 57.1 Å². The van der Waals surface area contributed by atoms with E-state index < -0.39 is 0 Å². The average molecular weight is 354 g/mol. The molecule has 3 aromatic heterocycles. The zero-order valence-electron chi connectivity index (χ0n) is 13.6. The number of benzene rings is 1. The summed E-state index contributed by atoms with van der Waals surface area (Å²) in [5.74, 6) is -0.369. The molecule has 1 amide bonds. The fourth-order valence-corrected chi connectivity index (χ4v) is 3.69. The molecule has 0 unspecified atom stereocenters. The molecule has 0 atom stereocenters. The highest BCUT2D eigenvalue weighted by molar-refractivity contribution is 7.18. The fourth-order valence-electron chi connectivity index (χ4n) is 2.71. The van der Waals surface area contributed by atoms with E-state index in [-0.39, 0.29) is 17.9 Å². The van der Waals surface area contributed by atoms with E-state index in [1.165, 1.54) is 17.7 Å². The molecule has 0 fully saturated rings. The fraction of sp³-hybridized carbons (Fsp3) is 0.176. The Morgan fingerprint density at radius 1 is 1.32 bits per heavy atom. The zero-order valence-corrected chi connectivity index (χ0v) is 14.4. The zero-order chi connectivity index (χ0) is 17.6. The van der Waals surface area contributed by atoms with Crippen LogP contribution in [0, 0.1) is 13.8 Å². The molecule has 1 aromatic carbocycles. The highest BCUT2D eigenvalue weighted by Crippen LogP contribution is 2.25. The first-order valence-corrected chi connectivity index (χ1v) is 8.46. The highest BCUT2D eigenvalue weighted by Gasteiger charge is 2.15. The molecule has 0 saturated carbocycles. The van der Waals surface area contributed by atoms with Gasteiger partial charge in [-0.25, -0.2) is 9.66 Å². The predicted molar refractivity (Wildman–Crippen MR) is 95.4 cm³/mol. The van der Waals surface area contributed by atoms with Gasteiger partial charge >= 0.3 is 0 Å². The van der Waals surface area contributed by atoms with Gasteiger partial charge in [0.1, 0.15) is 16.9 Å².